The Bertz CT molecular complexity index is 1140. The molecule has 0 aliphatic carbocycles. The molecule has 132 valence electrons. The van der Waals surface area contributed by atoms with Crippen LogP contribution in [0.5, 0.6) is 5.75 Å². The number of amides is 1. The van der Waals surface area contributed by atoms with Gasteiger partial charge >= 0.3 is 0 Å². The topological polar surface area (TPSA) is 62.1 Å². The molecule has 4 nitrogen and oxygen atoms in total. The Balaban J connectivity index is 2.06. The van der Waals surface area contributed by atoms with Gasteiger partial charge in [-0.2, -0.15) is 5.26 Å². The van der Waals surface area contributed by atoms with Gasteiger partial charge in [-0.05, 0) is 28.5 Å². The highest BCUT2D eigenvalue weighted by Crippen LogP contribution is 2.47. The van der Waals surface area contributed by atoms with Gasteiger partial charge in [-0.25, -0.2) is 0 Å². The summed E-state index contributed by atoms with van der Waals surface area (Å²) in [7, 11) is 0. The first-order chi connectivity index (χ1) is 13.1. The quantitative estimate of drug-likeness (QED) is 0.694. The average molecular weight is 375 g/mol. The normalized spacial score (nSPS) is 15.7. The van der Waals surface area contributed by atoms with Crippen molar-refractivity contribution in [1.82, 2.24) is 5.32 Å². The molecule has 0 radical (unpaired) electrons. The van der Waals surface area contributed by atoms with E-state index in [1.165, 1.54) is 6.92 Å². The minimum absolute atomic E-state index is 0.151. The van der Waals surface area contributed by atoms with E-state index in [1.807, 2.05) is 54.6 Å². The second-order valence-electron chi connectivity index (χ2n) is 6.29. The number of halogens is 1. The van der Waals surface area contributed by atoms with E-state index in [-0.39, 0.29) is 11.8 Å². The fraction of sp³-hybridized carbons (Fsp3) is 0.0909. The Kier molecular flexibility index (Phi) is 4.31. The third kappa shape index (κ3) is 2.92. The monoisotopic (exact) mass is 374 g/mol. The molecule has 0 saturated carbocycles. The molecule has 1 unspecified atom stereocenters. The predicted octanol–water partition coefficient (Wildman–Crippen LogP) is 4.89. The smallest absolute Gasteiger partial charge is 0.223 e. The lowest BCUT2D eigenvalue weighted by Gasteiger charge is -2.29. The second kappa shape index (κ2) is 6.79. The van der Waals surface area contributed by atoms with Crippen LogP contribution < -0.4 is 10.1 Å². The molecule has 4 rings (SSSR count). The van der Waals surface area contributed by atoms with Gasteiger partial charge in [-0.3, -0.25) is 10.1 Å². The van der Waals surface area contributed by atoms with Gasteiger partial charge in [0.15, 0.2) is 0 Å². The summed E-state index contributed by atoms with van der Waals surface area (Å²) in [5.74, 6) is -0.000585. The average Bonchev–Trinajstić information content (AvgIpc) is 2.67. The number of nitrogens with one attached hydrogen (secondary N) is 1. The minimum Gasteiger partial charge on any atom is -0.440 e. The fourth-order valence-electron chi connectivity index (χ4n) is 3.49. The van der Waals surface area contributed by atoms with Crippen LogP contribution in [-0.4, -0.2) is 5.91 Å². The zero-order chi connectivity index (χ0) is 19.0. The molecule has 1 amide bonds. The standard InChI is InChI=1S/C22H15ClN2O2/c1-13(26)25-22-17(12-24)20(16-8-4-5-9-18(16)23)21-15-7-3-2-6-14(15)10-11-19(21)27-22/h2-11,20H,1H3,(H,25,26). The van der Waals surface area contributed by atoms with Gasteiger partial charge in [0.05, 0.1) is 5.92 Å². The first kappa shape index (κ1) is 17.1. The van der Waals surface area contributed by atoms with E-state index in [0.29, 0.717) is 16.3 Å². The molecular formula is C22H15ClN2O2. The Hall–Kier alpha value is -3.29. The zero-order valence-corrected chi connectivity index (χ0v) is 15.2. The molecule has 0 spiro atoms. The number of allylic oxidation sites excluding steroid dienone is 1. The van der Waals surface area contributed by atoms with Crippen molar-refractivity contribution in [2.24, 2.45) is 0 Å². The number of carbonyl (C=O) groups excluding carboxylic acids is 1. The van der Waals surface area contributed by atoms with Gasteiger partial charge < -0.3 is 4.74 Å². The number of hydrogen-bond donors (Lipinski definition) is 1. The van der Waals surface area contributed by atoms with E-state index in [4.69, 9.17) is 16.3 Å². The Labute approximate surface area is 161 Å². The summed E-state index contributed by atoms with van der Waals surface area (Å²) in [6.45, 7) is 1.38. The lowest BCUT2D eigenvalue weighted by molar-refractivity contribution is -0.118. The van der Waals surface area contributed by atoms with Gasteiger partial charge in [0.2, 0.25) is 11.8 Å². The van der Waals surface area contributed by atoms with Crippen molar-refractivity contribution in [1.29, 1.82) is 5.26 Å². The largest absolute Gasteiger partial charge is 0.440 e. The molecule has 1 aliphatic heterocycles. The van der Waals surface area contributed by atoms with Crippen molar-refractivity contribution < 1.29 is 9.53 Å². The highest BCUT2D eigenvalue weighted by molar-refractivity contribution is 6.31. The first-order valence-electron chi connectivity index (χ1n) is 8.46. The number of fused-ring (bicyclic) bond motifs is 3. The Morgan fingerprint density at radius 3 is 2.59 bits per heavy atom. The molecular weight excluding hydrogens is 360 g/mol. The second-order valence-corrected chi connectivity index (χ2v) is 6.70. The van der Waals surface area contributed by atoms with E-state index < -0.39 is 5.92 Å². The summed E-state index contributed by atoms with van der Waals surface area (Å²) in [6, 6.07) is 21.4. The van der Waals surface area contributed by atoms with Gasteiger partial charge in [0.1, 0.15) is 17.4 Å². The number of carbonyl (C=O) groups is 1. The van der Waals surface area contributed by atoms with Gasteiger partial charge in [-0.1, -0.05) is 60.1 Å². The number of nitriles is 1. The molecule has 0 fully saturated rings. The molecule has 1 N–H and O–H groups in total. The van der Waals surface area contributed by atoms with Crippen molar-refractivity contribution in [2.45, 2.75) is 12.8 Å². The van der Waals surface area contributed by atoms with Crippen LogP contribution in [0.2, 0.25) is 5.02 Å². The Morgan fingerprint density at radius 1 is 1.11 bits per heavy atom. The lowest BCUT2D eigenvalue weighted by atomic mass is 9.81. The van der Waals surface area contributed by atoms with Crippen LogP contribution in [-0.2, 0) is 4.79 Å². The number of hydrogen-bond acceptors (Lipinski definition) is 3. The molecule has 27 heavy (non-hydrogen) atoms. The van der Waals surface area contributed by atoms with E-state index >= 15 is 0 Å². The van der Waals surface area contributed by atoms with Crippen LogP contribution >= 0.6 is 11.6 Å². The van der Waals surface area contributed by atoms with Crippen LogP contribution in [0.1, 0.15) is 24.0 Å². The van der Waals surface area contributed by atoms with Crippen LogP contribution in [0.3, 0.4) is 0 Å². The lowest BCUT2D eigenvalue weighted by Crippen LogP contribution is -2.29. The van der Waals surface area contributed by atoms with Crippen molar-refractivity contribution in [3.63, 3.8) is 0 Å². The summed E-state index contributed by atoms with van der Waals surface area (Å²) >= 11 is 6.49. The maximum Gasteiger partial charge on any atom is 0.223 e. The SMILES string of the molecule is CC(=O)NC1=C(C#N)C(c2ccccc2Cl)c2c(ccc3ccccc23)O1. The summed E-state index contributed by atoms with van der Waals surface area (Å²) in [6.07, 6.45) is 0. The summed E-state index contributed by atoms with van der Waals surface area (Å²) in [4.78, 5) is 11.6. The highest BCUT2D eigenvalue weighted by atomic mass is 35.5. The van der Waals surface area contributed by atoms with Crippen LogP contribution in [0, 0.1) is 11.3 Å². The van der Waals surface area contributed by atoms with E-state index in [0.717, 1.165) is 21.9 Å². The Morgan fingerprint density at radius 2 is 1.85 bits per heavy atom. The van der Waals surface area contributed by atoms with E-state index in [1.54, 1.807) is 6.07 Å². The minimum atomic E-state index is -0.444. The zero-order valence-electron chi connectivity index (χ0n) is 14.5. The van der Waals surface area contributed by atoms with Crippen LogP contribution in [0.4, 0.5) is 0 Å². The predicted molar refractivity (Wildman–Crippen MR) is 104 cm³/mol. The molecule has 0 aromatic heterocycles. The van der Waals surface area contributed by atoms with Crippen LogP contribution in [0.15, 0.2) is 72.1 Å². The molecule has 3 aromatic carbocycles. The number of benzene rings is 3. The number of nitrogens with zero attached hydrogens (tertiary/aromatic N) is 1. The van der Waals surface area contributed by atoms with E-state index in [2.05, 4.69) is 11.4 Å². The van der Waals surface area contributed by atoms with Crippen molar-refractivity contribution >= 4 is 28.3 Å². The van der Waals surface area contributed by atoms with Gasteiger partial charge in [0, 0.05) is 17.5 Å². The molecule has 0 saturated heterocycles. The summed E-state index contributed by atoms with van der Waals surface area (Å²) in [5.41, 5.74) is 1.98. The fourth-order valence-corrected chi connectivity index (χ4v) is 3.74. The highest BCUT2D eigenvalue weighted by Gasteiger charge is 2.34. The molecule has 0 bridgehead atoms. The first-order valence-corrected chi connectivity index (χ1v) is 8.83. The van der Waals surface area contributed by atoms with Gasteiger partial charge in [-0.15, -0.1) is 0 Å². The van der Waals surface area contributed by atoms with E-state index in [9.17, 15) is 10.1 Å². The van der Waals surface area contributed by atoms with Crippen molar-refractivity contribution in [2.75, 3.05) is 0 Å². The molecule has 3 aromatic rings. The molecule has 1 atom stereocenters. The van der Waals surface area contributed by atoms with Crippen molar-refractivity contribution in [3.05, 3.63) is 88.3 Å². The maximum absolute atomic E-state index is 11.6. The summed E-state index contributed by atoms with van der Waals surface area (Å²) in [5, 5.41) is 15.1. The number of rotatable bonds is 2. The maximum atomic E-state index is 11.6. The number of ether oxygens (including phenoxy) is 1. The molecule has 1 aliphatic rings. The van der Waals surface area contributed by atoms with Gasteiger partial charge in [0.25, 0.3) is 0 Å². The molecule has 1 heterocycles. The third-order valence-electron chi connectivity index (χ3n) is 4.59. The third-order valence-corrected chi connectivity index (χ3v) is 4.94. The van der Waals surface area contributed by atoms with Crippen LogP contribution in [0.25, 0.3) is 10.8 Å². The molecule has 5 heteroatoms. The summed E-state index contributed by atoms with van der Waals surface area (Å²) < 4.78 is 5.93. The van der Waals surface area contributed by atoms with Crippen molar-refractivity contribution in [3.8, 4) is 11.8 Å².